The Morgan fingerprint density at radius 2 is 2.00 bits per heavy atom. The van der Waals surface area contributed by atoms with E-state index in [1.807, 2.05) is 31.2 Å². The molecule has 1 aromatic carbocycles. The van der Waals surface area contributed by atoms with E-state index in [1.54, 1.807) is 12.4 Å². The first-order chi connectivity index (χ1) is 8.27. The van der Waals surface area contributed by atoms with Crippen LogP contribution in [0.25, 0.3) is 21.9 Å². The highest BCUT2D eigenvalue weighted by atomic mass is 16.1. The van der Waals surface area contributed by atoms with Crippen molar-refractivity contribution >= 4 is 10.8 Å². The second-order valence-corrected chi connectivity index (χ2v) is 3.98. The number of hydrogen-bond donors (Lipinski definition) is 2. The van der Waals surface area contributed by atoms with Crippen LogP contribution in [0.1, 0.15) is 5.69 Å². The first-order valence-electron chi connectivity index (χ1n) is 5.38. The van der Waals surface area contributed by atoms with Gasteiger partial charge in [-0.2, -0.15) is 5.10 Å². The maximum Gasteiger partial charge on any atom is 0.255 e. The summed E-state index contributed by atoms with van der Waals surface area (Å²) >= 11 is 0. The van der Waals surface area contributed by atoms with Gasteiger partial charge in [0.2, 0.25) is 0 Å². The maximum atomic E-state index is 11.7. The maximum absolute atomic E-state index is 11.7. The van der Waals surface area contributed by atoms with Crippen molar-refractivity contribution in [3.63, 3.8) is 0 Å². The first kappa shape index (κ1) is 9.84. The van der Waals surface area contributed by atoms with E-state index in [0.29, 0.717) is 5.39 Å². The van der Waals surface area contributed by atoms with Gasteiger partial charge in [-0.25, -0.2) is 0 Å². The fraction of sp³-hybridized carbons (Fsp3) is 0.0769. The highest BCUT2D eigenvalue weighted by Gasteiger charge is 2.08. The molecular weight excluding hydrogens is 214 g/mol. The van der Waals surface area contributed by atoms with Crippen molar-refractivity contribution in [1.29, 1.82) is 0 Å². The van der Waals surface area contributed by atoms with E-state index in [-0.39, 0.29) is 5.56 Å². The van der Waals surface area contributed by atoms with Crippen LogP contribution in [0.5, 0.6) is 0 Å². The van der Waals surface area contributed by atoms with Crippen molar-refractivity contribution in [2.45, 2.75) is 6.92 Å². The minimum atomic E-state index is -0.0644. The third-order valence-electron chi connectivity index (χ3n) is 2.94. The van der Waals surface area contributed by atoms with Crippen LogP contribution in [0.15, 0.2) is 41.5 Å². The van der Waals surface area contributed by atoms with Crippen molar-refractivity contribution in [2.75, 3.05) is 0 Å². The zero-order valence-electron chi connectivity index (χ0n) is 9.32. The number of benzene rings is 1. The predicted molar refractivity (Wildman–Crippen MR) is 66.9 cm³/mol. The van der Waals surface area contributed by atoms with Crippen LogP contribution >= 0.6 is 0 Å². The number of aromatic amines is 2. The topological polar surface area (TPSA) is 61.5 Å². The number of H-pyrrole nitrogens is 2. The number of rotatable bonds is 1. The highest BCUT2D eigenvalue weighted by molar-refractivity contribution is 5.96. The number of pyridine rings is 1. The Morgan fingerprint density at radius 1 is 1.12 bits per heavy atom. The molecule has 0 aliphatic carbocycles. The molecule has 3 aromatic rings. The number of fused-ring (bicyclic) bond motifs is 1. The van der Waals surface area contributed by atoms with Gasteiger partial charge in [-0.1, -0.05) is 12.1 Å². The zero-order chi connectivity index (χ0) is 11.8. The molecular formula is C13H11N3O. The van der Waals surface area contributed by atoms with Gasteiger partial charge < -0.3 is 4.98 Å². The summed E-state index contributed by atoms with van der Waals surface area (Å²) in [7, 11) is 0. The lowest BCUT2D eigenvalue weighted by molar-refractivity contribution is 1.05. The number of nitrogens with one attached hydrogen (secondary N) is 2. The summed E-state index contributed by atoms with van der Waals surface area (Å²) in [6, 6.07) is 7.63. The summed E-state index contributed by atoms with van der Waals surface area (Å²) in [6.45, 7) is 1.97. The van der Waals surface area contributed by atoms with Crippen LogP contribution in [0.3, 0.4) is 0 Å². The van der Waals surface area contributed by atoms with E-state index in [0.717, 1.165) is 22.2 Å². The van der Waals surface area contributed by atoms with E-state index < -0.39 is 0 Å². The molecule has 0 radical (unpaired) electrons. The average Bonchev–Trinajstić information content (AvgIpc) is 2.75. The van der Waals surface area contributed by atoms with Crippen LogP contribution < -0.4 is 5.56 Å². The van der Waals surface area contributed by atoms with E-state index in [1.165, 1.54) is 0 Å². The van der Waals surface area contributed by atoms with Gasteiger partial charge in [-0.05, 0) is 30.0 Å². The Kier molecular flexibility index (Phi) is 2.08. The lowest BCUT2D eigenvalue weighted by Gasteiger charge is -2.04. The van der Waals surface area contributed by atoms with Crippen molar-refractivity contribution in [2.24, 2.45) is 0 Å². The SMILES string of the molecule is Cc1[nH]ncc1-c1cccc2c(=O)[nH]ccc12. The second kappa shape index (κ2) is 3.59. The van der Waals surface area contributed by atoms with Gasteiger partial charge in [-0.15, -0.1) is 0 Å². The third-order valence-corrected chi connectivity index (χ3v) is 2.94. The number of hydrogen-bond acceptors (Lipinski definition) is 2. The Morgan fingerprint density at radius 3 is 2.76 bits per heavy atom. The summed E-state index contributed by atoms with van der Waals surface area (Å²) in [5.74, 6) is 0. The zero-order valence-corrected chi connectivity index (χ0v) is 9.32. The van der Waals surface area contributed by atoms with Gasteiger partial charge in [0.25, 0.3) is 5.56 Å². The van der Waals surface area contributed by atoms with Gasteiger partial charge >= 0.3 is 0 Å². The number of aryl methyl sites for hydroxylation is 1. The van der Waals surface area contributed by atoms with E-state index in [4.69, 9.17) is 0 Å². The normalized spacial score (nSPS) is 10.9. The second-order valence-electron chi connectivity index (χ2n) is 3.98. The van der Waals surface area contributed by atoms with Gasteiger partial charge in [0.1, 0.15) is 0 Å². The van der Waals surface area contributed by atoms with E-state index >= 15 is 0 Å². The molecule has 4 nitrogen and oxygen atoms in total. The van der Waals surface area contributed by atoms with E-state index in [9.17, 15) is 4.79 Å². The lowest BCUT2D eigenvalue weighted by atomic mass is 10.0. The van der Waals surface area contributed by atoms with Gasteiger partial charge in [0.15, 0.2) is 0 Å². The van der Waals surface area contributed by atoms with Crippen LogP contribution in [0.2, 0.25) is 0 Å². The first-order valence-corrected chi connectivity index (χ1v) is 5.38. The molecule has 84 valence electrons. The fourth-order valence-electron chi connectivity index (χ4n) is 2.08. The largest absolute Gasteiger partial charge is 0.329 e. The minimum Gasteiger partial charge on any atom is -0.329 e. The standard InChI is InChI=1S/C13H11N3O/c1-8-12(7-15-16-8)9-3-2-4-11-10(9)5-6-14-13(11)17/h2-7H,1H3,(H,14,17)(H,15,16). The van der Waals surface area contributed by atoms with Crippen molar-refractivity contribution in [3.05, 3.63) is 52.7 Å². The van der Waals surface area contributed by atoms with Gasteiger partial charge in [0, 0.05) is 22.8 Å². The molecule has 0 amide bonds. The van der Waals surface area contributed by atoms with Gasteiger partial charge in [0.05, 0.1) is 6.20 Å². The smallest absolute Gasteiger partial charge is 0.255 e. The third kappa shape index (κ3) is 1.45. The van der Waals surface area contributed by atoms with Crippen LogP contribution in [-0.4, -0.2) is 15.2 Å². The van der Waals surface area contributed by atoms with Gasteiger partial charge in [-0.3, -0.25) is 9.89 Å². The Bertz CT molecular complexity index is 740. The molecule has 2 aromatic heterocycles. The quantitative estimate of drug-likeness (QED) is 0.667. The summed E-state index contributed by atoms with van der Waals surface area (Å²) in [4.78, 5) is 14.4. The molecule has 3 rings (SSSR count). The predicted octanol–water partition coefficient (Wildman–Crippen LogP) is 2.23. The minimum absolute atomic E-state index is 0.0644. The van der Waals surface area contributed by atoms with Crippen molar-refractivity contribution in [3.8, 4) is 11.1 Å². The molecule has 0 aliphatic rings. The van der Waals surface area contributed by atoms with E-state index in [2.05, 4.69) is 15.2 Å². The van der Waals surface area contributed by atoms with Crippen LogP contribution in [-0.2, 0) is 0 Å². The molecule has 17 heavy (non-hydrogen) atoms. The molecule has 0 spiro atoms. The summed E-state index contributed by atoms with van der Waals surface area (Å²) in [5.41, 5.74) is 2.99. The summed E-state index contributed by atoms with van der Waals surface area (Å²) < 4.78 is 0. The lowest BCUT2D eigenvalue weighted by Crippen LogP contribution is -2.04. The van der Waals surface area contributed by atoms with Crippen molar-refractivity contribution in [1.82, 2.24) is 15.2 Å². The average molecular weight is 225 g/mol. The molecule has 0 atom stereocenters. The Balaban J connectivity index is 2.43. The van der Waals surface area contributed by atoms with Crippen LogP contribution in [0.4, 0.5) is 0 Å². The molecule has 4 heteroatoms. The molecule has 0 aliphatic heterocycles. The van der Waals surface area contributed by atoms with Crippen LogP contribution in [0, 0.1) is 6.92 Å². The Labute approximate surface area is 97.3 Å². The fourth-order valence-corrected chi connectivity index (χ4v) is 2.08. The summed E-state index contributed by atoms with van der Waals surface area (Å²) in [5, 5.41) is 8.57. The molecule has 2 heterocycles. The summed E-state index contributed by atoms with van der Waals surface area (Å²) in [6.07, 6.45) is 3.45. The van der Waals surface area contributed by atoms with Crippen molar-refractivity contribution < 1.29 is 0 Å². The molecule has 0 saturated heterocycles. The molecule has 0 unspecified atom stereocenters. The molecule has 0 fully saturated rings. The molecule has 0 saturated carbocycles. The molecule has 2 N–H and O–H groups in total. The monoisotopic (exact) mass is 225 g/mol. The molecule has 0 bridgehead atoms. The number of nitrogens with zero attached hydrogens (tertiary/aromatic N) is 1. The Hall–Kier alpha value is -2.36. The number of aromatic nitrogens is 3. The highest BCUT2D eigenvalue weighted by Crippen LogP contribution is 2.27.